The van der Waals surface area contributed by atoms with Gasteiger partial charge >= 0.3 is 14.3 Å². The van der Waals surface area contributed by atoms with Crippen molar-refractivity contribution < 1.29 is 32.7 Å². The highest BCUT2D eigenvalue weighted by Gasteiger charge is 2.44. The zero-order valence-corrected chi connectivity index (χ0v) is 16.9. The van der Waals surface area contributed by atoms with Gasteiger partial charge in [-0.15, -0.1) is 0 Å². The molecule has 0 heterocycles. The number of rotatable bonds is 9. The Morgan fingerprint density at radius 1 is 1.38 bits per heavy atom. The van der Waals surface area contributed by atoms with Crippen LogP contribution >= 0.6 is 14.3 Å². The fourth-order valence-electron chi connectivity index (χ4n) is 2.47. The summed E-state index contributed by atoms with van der Waals surface area (Å²) in [5.41, 5.74) is 0. The van der Waals surface area contributed by atoms with Crippen molar-refractivity contribution in [2.45, 2.75) is 50.8 Å². The van der Waals surface area contributed by atoms with Gasteiger partial charge in [0.05, 0.1) is 26.2 Å². The van der Waals surface area contributed by atoms with E-state index in [2.05, 4.69) is 4.52 Å². The molecule has 1 rings (SSSR count). The van der Waals surface area contributed by atoms with Gasteiger partial charge in [-0.05, 0) is 37.4 Å². The average Bonchev–Trinajstić information content (AvgIpc) is 2.79. The summed E-state index contributed by atoms with van der Waals surface area (Å²) in [6.07, 6.45) is 1.16. The summed E-state index contributed by atoms with van der Waals surface area (Å²) in [6.45, 7) is 0.187. The Morgan fingerprint density at radius 3 is 2.50 bits per heavy atom. The van der Waals surface area contributed by atoms with Gasteiger partial charge in [-0.25, -0.2) is 0 Å². The van der Waals surface area contributed by atoms with Crippen molar-refractivity contribution in [3.63, 3.8) is 0 Å². The van der Waals surface area contributed by atoms with Crippen LogP contribution in [-0.4, -0.2) is 50.2 Å². The predicted molar refractivity (Wildman–Crippen MR) is 96.6 cm³/mol. The Kier molecular flexibility index (Phi) is 8.81. The molecule has 0 bridgehead atoms. The van der Waals surface area contributed by atoms with E-state index in [1.807, 2.05) is 6.92 Å². The summed E-state index contributed by atoms with van der Waals surface area (Å²) >= 11 is 5.07. The van der Waals surface area contributed by atoms with Crippen LogP contribution in [0.4, 0.5) is 0 Å². The first-order valence-corrected chi connectivity index (χ1v) is 11.8. The molecule has 0 aliphatic heterocycles. The summed E-state index contributed by atoms with van der Waals surface area (Å²) in [7, 11) is 4.86. The molecule has 2 radical (unpaired) electrons. The monoisotopic (exact) mass is 398 g/mol. The van der Waals surface area contributed by atoms with E-state index >= 15 is 0 Å². The number of methoxy groups -OCH3 is 1. The Labute approximate surface area is 149 Å². The van der Waals surface area contributed by atoms with E-state index in [4.69, 9.17) is 33.4 Å². The second-order valence-electron chi connectivity index (χ2n) is 5.71. The minimum Gasteiger partial charge on any atom is -0.379 e. The molecule has 3 unspecified atom stereocenters. The van der Waals surface area contributed by atoms with Crippen LogP contribution in [0.2, 0.25) is 5.82 Å². The van der Waals surface area contributed by atoms with E-state index in [-0.39, 0.29) is 17.8 Å². The van der Waals surface area contributed by atoms with Gasteiger partial charge in [-0.1, -0.05) is 13.0 Å². The highest BCUT2D eigenvalue weighted by molar-refractivity contribution is 8.07. The normalized spacial score (nSPS) is 34.1. The third-order valence-electron chi connectivity index (χ3n) is 3.91. The maximum atomic E-state index is 11.6. The summed E-state index contributed by atoms with van der Waals surface area (Å²) in [4.78, 5) is 19.8. The van der Waals surface area contributed by atoms with Crippen molar-refractivity contribution in [1.82, 2.24) is 0 Å². The zero-order valence-electron chi connectivity index (χ0n) is 14.3. The zero-order chi connectivity index (χ0) is 18.5. The lowest BCUT2D eigenvalue weighted by Crippen LogP contribution is -2.31. The van der Waals surface area contributed by atoms with Crippen molar-refractivity contribution in [3.8, 4) is 0 Å². The largest absolute Gasteiger partial charge is 0.379 e. The van der Waals surface area contributed by atoms with Gasteiger partial charge in [0, 0.05) is 26.0 Å². The first kappa shape index (κ1) is 22.5. The van der Waals surface area contributed by atoms with E-state index < -0.39 is 26.5 Å². The first-order valence-electron chi connectivity index (χ1n) is 7.60. The second-order valence-corrected chi connectivity index (χ2v) is 10.2. The highest BCUT2D eigenvalue weighted by Crippen LogP contribution is 2.53. The van der Waals surface area contributed by atoms with Crippen LogP contribution in [0.3, 0.4) is 0 Å². The molecule has 1 aliphatic rings. The minimum atomic E-state index is -3.81. The first-order chi connectivity index (χ1) is 11.0. The van der Waals surface area contributed by atoms with Crippen LogP contribution in [-0.2, 0) is 34.7 Å². The Bertz CT molecular complexity index is 532. The lowest BCUT2D eigenvalue weighted by atomic mass is 9.83. The van der Waals surface area contributed by atoms with Crippen LogP contribution in [0.5, 0.6) is 0 Å². The topological polar surface area (TPSA) is 94.5 Å². The van der Waals surface area contributed by atoms with E-state index in [0.717, 1.165) is 12.9 Å². The maximum absolute atomic E-state index is 11.6. The Morgan fingerprint density at radius 2 is 2.00 bits per heavy atom. The molecule has 0 aromatic carbocycles. The number of hydrogen-bond acceptors (Lipinski definition) is 6. The molecule has 7 atom stereocenters. The predicted octanol–water partition coefficient (Wildman–Crippen LogP) is 2.74. The third-order valence-corrected chi connectivity index (χ3v) is 6.64. The quantitative estimate of drug-likeness (QED) is 0.453. The minimum absolute atomic E-state index is 0.253. The van der Waals surface area contributed by atoms with Crippen LogP contribution in [0.25, 0.3) is 0 Å². The van der Waals surface area contributed by atoms with Gasteiger partial charge in [0.25, 0.3) is 0 Å². The average molecular weight is 398 g/mol. The van der Waals surface area contributed by atoms with Crippen molar-refractivity contribution in [2.24, 2.45) is 5.92 Å². The van der Waals surface area contributed by atoms with Gasteiger partial charge in [0.2, 0.25) is 0 Å². The molecule has 1 fully saturated rings. The molecule has 7 nitrogen and oxygen atoms in total. The fourth-order valence-corrected chi connectivity index (χ4v) is 5.00. The highest BCUT2D eigenvalue weighted by atomic mass is 32.5. The van der Waals surface area contributed by atoms with E-state index in [1.165, 1.54) is 13.2 Å². The second kappa shape index (κ2) is 9.40. The lowest BCUT2D eigenvalue weighted by Gasteiger charge is -2.29. The van der Waals surface area contributed by atoms with Gasteiger partial charge in [-0.3, -0.25) is 4.57 Å². The Hall–Kier alpha value is 0.445. The standard InChI is InChI=1S/C13H25BO7P2S/c1-5-9(2)20-23(17,24)21-12-10(6-7-22(15,16)19-4)8-11(14)13(12)18-3/h6-7,9-13H,5,8H2,1-4H3,(H,15,16)(H,17,24)/b7-6+/t9?,10-,11+,12+,13-,23?/m0/s1. The molecule has 0 aromatic heterocycles. The SMILES string of the molecule is [B][C@@H]1C[C@H](/C=C/P(=O)(O)OC)[C@@H](OP(O)(=S)OC(C)CC)[C@H]1OC. The van der Waals surface area contributed by atoms with E-state index in [1.54, 1.807) is 6.92 Å². The lowest BCUT2D eigenvalue weighted by molar-refractivity contribution is -0.000352. The molecule has 0 amide bonds. The van der Waals surface area contributed by atoms with Gasteiger partial charge < -0.3 is 28.1 Å². The summed E-state index contributed by atoms with van der Waals surface area (Å²) < 4.78 is 32.5. The number of hydrogen-bond donors (Lipinski definition) is 2. The van der Waals surface area contributed by atoms with Crippen molar-refractivity contribution >= 4 is 34.0 Å². The fraction of sp³-hybridized carbons (Fsp3) is 0.846. The molecule has 0 saturated heterocycles. The van der Waals surface area contributed by atoms with E-state index in [9.17, 15) is 14.4 Å². The van der Waals surface area contributed by atoms with Crippen LogP contribution in [0.15, 0.2) is 11.9 Å². The molecule has 11 heteroatoms. The number of ether oxygens (including phenoxy) is 1. The van der Waals surface area contributed by atoms with Gasteiger partial charge in [-0.2, -0.15) is 0 Å². The molecular formula is C13H25BO7P2S. The molecular weight excluding hydrogens is 373 g/mol. The summed E-state index contributed by atoms with van der Waals surface area (Å²) in [6, 6.07) is 0. The summed E-state index contributed by atoms with van der Waals surface area (Å²) in [5, 5.41) is 0. The van der Waals surface area contributed by atoms with Crippen molar-refractivity contribution in [1.29, 1.82) is 0 Å². The van der Waals surface area contributed by atoms with E-state index in [0.29, 0.717) is 12.8 Å². The van der Waals surface area contributed by atoms with Crippen LogP contribution in [0.1, 0.15) is 26.7 Å². The molecule has 138 valence electrons. The van der Waals surface area contributed by atoms with Gasteiger partial charge in [0.1, 0.15) is 0 Å². The van der Waals surface area contributed by atoms with Crippen LogP contribution < -0.4 is 0 Å². The van der Waals surface area contributed by atoms with Crippen molar-refractivity contribution in [3.05, 3.63) is 11.9 Å². The Balaban J connectivity index is 2.95. The molecule has 0 spiro atoms. The molecule has 1 saturated carbocycles. The maximum Gasteiger partial charge on any atom is 0.351 e. The molecule has 0 aromatic rings. The van der Waals surface area contributed by atoms with Crippen molar-refractivity contribution in [2.75, 3.05) is 14.2 Å². The smallest absolute Gasteiger partial charge is 0.351 e. The third kappa shape index (κ3) is 6.63. The summed E-state index contributed by atoms with van der Waals surface area (Å²) in [5.74, 6) is 0.347. The van der Waals surface area contributed by atoms with Crippen LogP contribution in [0, 0.1) is 5.92 Å². The molecule has 2 N–H and O–H groups in total. The molecule has 24 heavy (non-hydrogen) atoms. The van der Waals surface area contributed by atoms with Gasteiger partial charge in [0.15, 0.2) is 0 Å². The molecule has 1 aliphatic carbocycles.